The van der Waals surface area contributed by atoms with Crippen LogP contribution in [0.25, 0.3) is 0 Å². The van der Waals surface area contributed by atoms with Crippen LogP contribution in [0.15, 0.2) is 52.3 Å². The minimum atomic E-state index is -0.979. The summed E-state index contributed by atoms with van der Waals surface area (Å²) in [5.74, 6) is -0.979. The molecule has 102 valence electrons. The largest absolute Gasteiger partial charge is 0.478 e. The van der Waals surface area contributed by atoms with E-state index in [9.17, 15) is 14.9 Å². The molecule has 0 heterocycles. The third-order valence-electron chi connectivity index (χ3n) is 2.71. The van der Waals surface area contributed by atoms with E-state index in [4.69, 9.17) is 5.11 Å². The van der Waals surface area contributed by atoms with E-state index in [1.165, 1.54) is 36.0 Å². The minimum Gasteiger partial charge on any atom is -0.478 e. The van der Waals surface area contributed by atoms with Gasteiger partial charge in [-0.2, -0.15) is 0 Å². The number of carbonyl (C=O) groups is 1. The van der Waals surface area contributed by atoms with Gasteiger partial charge < -0.3 is 5.11 Å². The molecule has 0 spiro atoms. The zero-order chi connectivity index (χ0) is 14.7. The lowest BCUT2D eigenvalue weighted by atomic mass is 10.2. The molecule has 1 N–H and O–H groups in total. The maximum atomic E-state index is 10.8. The van der Waals surface area contributed by atoms with Crippen LogP contribution >= 0.6 is 11.8 Å². The van der Waals surface area contributed by atoms with Gasteiger partial charge in [-0.1, -0.05) is 17.8 Å². The third-order valence-corrected chi connectivity index (χ3v) is 3.88. The number of carboxylic acids is 1. The predicted octanol–water partition coefficient (Wildman–Crippen LogP) is 3.75. The van der Waals surface area contributed by atoms with Gasteiger partial charge in [-0.15, -0.1) is 0 Å². The van der Waals surface area contributed by atoms with Gasteiger partial charge in [0.05, 0.1) is 10.5 Å². The van der Waals surface area contributed by atoms with Gasteiger partial charge in [0, 0.05) is 21.9 Å². The van der Waals surface area contributed by atoms with E-state index >= 15 is 0 Å². The molecule has 0 radical (unpaired) electrons. The summed E-state index contributed by atoms with van der Waals surface area (Å²) >= 11 is 1.37. The first-order valence-corrected chi connectivity index (χ1v) is 6.55. The van der Waals surface area contributed by atoms with Crippen molar-refractivity contribution >= 4 is 23.4 Å². The van der Waals surface area contributed by atoms with Crippen LogP contribution in [-0.4, -0.2) is 16.0 Å². The van der Waals surface area contributed by atoms with Gasteiger partial charge in [0.15, 0.2) is 0 Å². The highest BCUT2D eigenvalue weighted by atomic mass is 32.2. The fourth-order valence-electron chi connectivity index (χ4n) is 1.60. The molecule has 0 unspecified atom stereocenters. The summed E-state index contributed by atoms with van der Waals surface area (Å²) in [5.41, 5.74) is 1.19. The lowest BCUT2D eigenvalue weighted by Crippen LogP contribution is -1.94. The van der Waals surface area contributed by atoms with Gasteiger partial charge >= 0.3 is 5.97 Å². The monoisotopic (exact) mass is 289 g/mol. The summed E-state index contributed by atoms with van der Waals surface area (Å²) in [6.07, 6.45) is 0. The van der Waals surface area contributed by atoms with Crippen LogP contribution in [0.3, 0.4) is 0 Å². The van der Waals surface area contributed by atoms with Crippen LogP contribution in [-0.2, 0) is 0 Å². The molecule has 0 saturated heterocycles. The number of benzene rings is 2. The van der Waals surface area contributed by atoms with Crippen LogP contribution in [0, 0.1) is 17.0 Å². The minimum absolute atomic E-state index is 0.0419. The topological polar surface area (TPSA) is 80.4 Å². The molecule has 0 aliphatic heterocycles. The molecule has 5 nitrogen and oxygen atoms in total. The second-order valence-electron chi connectivity index (χ2n) is 4.14. The van der Waals surface area contributed by atoms with Crippen molar-refractivity contribution in [2.45, 2.75) is 16.7 Å². The molecule has 6 heteroatoms. The Kier molecular flexibility index (Phi) is 4.05. The van der Waals surface area contributed by atoms with Gasteiger partial charge in [0.2, 0.25) is 0 Å². The first-order chi connectivity index (χ1) is 9.47. The maximum absolute atomic E-state index is 10.8. The van der Waals surface area contributed by atoms with Crippen molar-refractivity contribution in [3.05, 3.63) is 63.7 Å². The normalized spacial score (nSPS) is 10.2. The lowest BCUT2D eigenvalue weighted by Gasteiger charge is -2.05. The molecule has 2 aromatic rings. The van der Waals surface area contributed by atoms with E-state index in [1.54, 1.807) is 18.2 Å². The summed E-state index contributed by atoms with van der Waals surface area (Å²) in [6.45, 7) is 1.87. The summed E-state index contributed by atoms with van der Waals surface area (Å²) in [7, 11) is 0. The Bertz CT molecular complexity index is 667. The molecule has 0 bridgehead atoms. The smallest absolute Gasteiger partial charge is 0.335 e. The molecule has 2 aromatic carbocycles. The molecule has 0 aliphatic carbocycles. The maximum Gasteiger partial charge on any atom is 0.335 e. The van der Waals surface area contributed by atoms with Gasteiger partial charge in [0.1, 0.15) is 0 Å². The van der Waals surface area contributed by atoms with Crippen LogP contribution < -0.4 is 0 Å². The van der Waals surface area contributed by atoms with Gasteiger partial charge in [-0.05, 0) is 36.8 Å². The van der Waals surface area contributed by atoms with Crippen LogP contribution in [0.1, 0.15) is 15.9 Å². The van der Waals surface area contributed by atoms with Crippen LogP contribution in [0.5, 0.6) is 0 Å². The Hall–Kier alpha value is -2.34. The second-order valence-corrected chi connectivity index (χ2v) is 5.25. The van der Waals surface area contributed by atoms with Crippen molar-refractivity contribution in [1.82, 2.24) is 0 Å². The number of nitro groups is 1. The number of carboxylic acid groups (broad SMARTS) is 1. The number of nitrogens with zero attached hydrogens (tertiary/aromatic N) is 1. The van der Waals surface area contributed by atoms with Crippen molar-refractivity contribution < 1.29 is 14.8 Å². The Morgan fingerprint density at radius 2 is 1.85 bits per heavy atom. The molecule has 2 rings (SSSR count). The molecule has 0 amide bonds. The van der Waals surface area contributed by atoms with Crippen LogP contribution in [0.2, 0.25) is 0 Å². The molecule has 0 fully saturated rings. The van der Waals surface area contributed by atoms with Crippen molar-refractivity contribution in [1.29, 1.82) is 0 Å². The highest BCUT2D eigenvalue weighted by Crippen LogP contribution is 2.32. The number of nitro benzene ring substituents is 1. The van der Waals surface area contributed by atoms with Crippen molar-refractivity contribution in [2.24, 2.45) is 0 Å². The van der Waals surface area contributed by atoms with E-state index in [-0.39, 0.29) is 11.3 Å². The third kappa shape index (κ3) is 3.16. The average Bonchev–Trinajstić information content (AvgIpc) is 2.41. The fraction of sp³-hybridized carbons (Fsp3) is 0.0714. The number of hydrogen-bond donors (Lipinski definition) is 1. The molecular formula is C14H11NO4S. The summed E-state index contributed by atoms with van der Waals surface area (Å²) < 4.78 is 0. The Labute approximate surface area is 119 Å². The molecule has 0 aromatic heterocycles. The zero-order valence-corrected chi connectivity index (χ0v) is 11.4. The fourth-order valence-corrected chi connectivity index (χ4v) is 2.54. The Morgan fingerprint density at radius 3 is 2.40 bits per heavy atom. The van der Waals surface area contributed by atoms with E-state index < -0.39 is 10.9 Å². The van der Waals surface area contributed by atoms with Crippen molar-refractivity contribution in [3.8, 4) is 0 Å². The number of aryl methyl sites for hydroxylation is 1. The molecule has 0 atom stereocenters. The van der Waals surface area contributed by atoms with E-state index in [0.717, 1.165) is 15.4 Å². The van der Waals surface area contributed by atoms with E-state index in [0.29, 0.717) is 0 Å². The second kappa shape index (κ2) is 5.75. The number of rotatable bonds is 4. The highest BCUT2D eigenvalue weighted by molar-refractivity contribution is 7.99. The zero-order valence-electron chi connectivity index (χ0n) is 10.6. The lowest BCUT2D eigenvalue weighted by molar-refractivity contribution is -0.385. The summed E-state index contributed by atoms with van der Waals surface area (Å²) in [4.78, 5) is 22.7. The van der Waals surface area contributed by atoms with Crippen LogP contribution in [0.4, 0.5) is 5.69 Å². The predicted molar refractivity (Wildman–Crippen MR) is 75.4 cm³/mol. The van der Waals surface area contributed by atoms with Crippen molar-refractivity contribution in [3.63, 3.8) is 0 Å². The summed E-state index contributed by atoms with van der Waals surface area (Å²) in [6, 6.07) is 11.1. The molecular weight excluding hydrogens is 278 g/mol. The highest BCUT2D eigenvalue weighted by Gasteiger charge is 2.10. The summed E-state index contributed by atoms with van der Waals surface area (Å²) in [5, 5.41) is 19.6. The Morgan fingerprint density at radius 1 is 1.20 bits per heavy atom. The van der Waals surface area contributed by atoms with E-state index in [2.05, 4.69) is 0 Å². The number of non-ortho nitro benzene ring substituents is 1. The number of hydrogen-bond acceptors (Lipinski definition) is 4. The van der Waals surface area contributed by atoms with E-state index in [1.807, 2.05) is 6.92 Å². The molecule has 0 aliphatic rings. The first kappa shape index (κ1) is 14.1. The van der Waals surface area contributed by atoms with Gasteiger partial charge in [0.25, 0.3) is 5.69 Å². The molecule has 0 saturated carbocycles. The van der Waals surface area contributed by atoms with Crippen molar-refractivity contribution in [2.75, 3.05) is 0 Å². The Balaban J connectivity index is 2.27. The van der Waals surface area contributed by atoms with Gasteiger partial charge in [-0.3, -0.25) is 10.1 Å². The SMILES string of the molecule is Cc1ccc([N+](=O)[O-])cc1Sc1ccc(C(=O)O)cc1. The quantitative estimate of drug-likeness (QED) is 0.684. The number of aromatic carboxylic acids is 1. The van der Waals surface area contributed by atoms with Gasteiger partial charge in [-0.25, -0.2) is 4.79 Å². The average molecular weight is 289 g/mol. The molecule has 20 heavy (non-hydrogen) atoms. The standard InChI is InChI=1S/C14H11NO4S/c1-9-2-5-11(15(18)19)8-13(9)20-12-6-3-10(4-7-12)14(16)17/h2-8H,1H3,(H,16,17). The first-order valence-electron chi connectivity index (χ1n) is 5.73.